The van der Waals surface area contributed by atoms with Gasteiger partial charge < -0.3 is 10.5 Å². The molecule has 0 spiro atoms. The van der Waals surface area contributed by atoms with Gasteiger partial charge in [0.2, 0.25) is 5.82 Å². The van der Waals surface area contributed by atoms with Crippen LogP contribution in [0.1, 0.15) is 26.0 Å². The molecule has 7 heteroatoms. The molecule has 0 aliphatic rings. The Morgan fingerprint density at radius 2 is 2.29 bits per heavy atom. The van der Waals surface area contributed by atoms with Crippen molar-refractivity contribution >= 4 is 0 Å². The largest absolute Gasteiger partial charge is 0.357 e. The lowest BCUT2D eigenvalue weighted by atomic mass is 10.3. The summed E-state index contributed by atoms with van der Waals surface area (Å²) >= 11 is 0. The number of halogens is 1. The van der Waals surface area contributed by atoms with E-state index in [1.54, 1.807) is 0 Å². The minimum atomic E-state index is -1.03. The molecule has 1 aromatic heterocycles. The molecular formula is C10H16FN3O3. The van der Waals surface area contributed by atoms with Crippen LogP contribution in [0.5, 0.6) is 0 Å². The number of H-pyrrole nitrogens is 1. The molecule has 1 unspecified atom stereocenters. The van der Waals surface area contributed by atoms with E-state index >= 15 is 0 Å². The van der Waals surface area contributed by atoms with Crippen LogP contribution in [0, 0.1) is 5.82 Å². The van der Waals surface area contributed by atoms with Crippen molar-refractivity contribution in [3.8, 4) is 0 Å². The number of ether oxygens (including phenoxy) is 1. The van der Waals surface area contributed by atoms with Gasteiger partial charge in [-0.05, 0) is 6.42 Å². The van der Waals surface area contributed by atoms with Crippen molar-refractivity contribution in [2.45, 2.75) is 26.0 Å². The Morgan fingerprint density at radius 1 is 1.59 bits per heavy atom. The maximum absolute atomic E-state index is 13.1. The standard InChI is InChI=1S/C10H16FN3O3/c1-2-3-8(17-5-4-12)14-6-7(11)9(15)13-10(14)16/h6,8H,2-5,12H2,1H3,(H,13,15,16). The van der Waals surface area contributed by atoms with Crippen molar-refractivity contribution in [1.82, 2.24) is 9.55 Å². The van der Waals surface area contributed by atoms with Gasteiger partial charge in [0.15, 0.2) is 0 Å². The number of hydrogen-bond acceptors (Lipinski definition) is 4. The molecule has 0 fully saturated rings. The lowest BCUT2D eigenvalue weighted by Gasteiger charge is -2.18. The maximum Gasteiger partial charge on any atom is 0.330 e. The van der Waals surface area contributed by atoms with E-state index in [9.17, 15) is 14.0 Å². The Labute approximate surface area is 97.2 Å². The monoisotopic (exact) mass is 245 g/mol. The minimum absolute atomic E-state index is 0.262. The van der Waals surface area contributed by atoms with E-state index in [0.717, 1.165) is 17.2 Å². The van der Waals surface area contributed by atoms with Crippen LogP contribution in [0.3, 0.4) is 0 Å². The summed E-state index contributed by atoms with van der Waals surface area (Å²) < 4.78 is 19.5. The van der Waals surface area contributed by atoms with Crippen LogP contribution >= 0.6 is 0 Å². The normalized spacial score (nSPS) is 12.6. The third-order valence-corrected chi connectivity index (χ3v) is 2.20. The average molecular weight is 245 g/mol. The van der Waals surface area contributed by atoms with Gasteiger partial charge in [-0.3, -0.25) is 14.3 Å². The fraction of sp³-hybridized carbons (Fsp3) is 0.600. The lowest BCUT2D eigenvalue weighted by molar-refractivity contribution is -0.00356. The van der Waals surface area contributed by atoms with Gasteiger partial charge in [-0.15, -0.1) is 0 Å². The number of nitrogens with one attached hydrogen (secondary N) is 1. The van der Waals surface area contributed by atoms with Gasteiger partial charge in [0.05, 0.1) is 12.8 Å². The second-order valence-corrected chi connectivity index (χ2v) is 3.55. The van der Waals surface area contributed by atoms with Gasteiger partial charge >= 0.3 is 5.69 Å². The van der Waals surface area contributed by atoms with Crippen molar-refractivity contribution in [1.29, 1.82) is 0 Å². The van der Waals surface area contributed by atoms with Gasteiger partial charge in [-0.25, -0.2) is 4.79 Å². The van der Waals surface area contributed by atoms with Crippen molar-refractivity contribution in [2.24, 2.45) is 5.73 Å². The molecule has 0 amide bonds. The first-order valence-electron chi connectivity index (χ1n) is 5.42. The fourth-order valence-corrected chi connectivity index (χ4v) is 1.43. The summed E-state index contributed by atoms with van der Waals surface area (Å²) in [4.78, 5) is 24.3. The Balaban J connectivity index is 3.04. The smallest absolute Gasteiger partial charge is 0.330 e. The molecule has 0 aromatic carbocycles. The molecule has 0 aliphatic heterocycles. The zero-order valence-corrected chi connectivity index (χ0v) is 9.61. The SMILES string of the molecule is CCCC(OCCN)n1cc(F)c(=O)[nH]c1=O. The third kappa shape index (κ3) is 3.50. The predicted molar refractivity (Wildman–Crippen MR) is 60.2 cm³/mol. The number of aromatic amines is 1. The molecule has 0 radical (unpaired) electrons. The molecule has 1 rings (SSSR count). The van der Waals surface area contributed by atoms with E-state index in [0.29, 0.717) is 13.0 Å². The highest BCUT2D eigenvalue weighted by Gasteiger charge is 2.14. The Bertz CT molecular complexity index is 469. The number of rotatable bonds is 6. The first-order chi connectivity index (χ1) is 8.10. The van der Waals surface area contributed by atoms with Crippen molar-refractivity contribution in [3.63, 3.8) is 0 Å². The van der Waals surface area contributed by atoms with E-state index < -0.39 is 23.3 Å². The summed E-state index contributed by atoms with van der Waals surface area (Å²) in [5.41, 5.74) is 3.58. The molecule has 17 heavy (non-hydrogen) atoms. The molecule has 0 saturated carbocycles. The molecule has 6 nitrogen and oxygen atoms in total. The number of hydrogen-bond donors (Lipinski definition) is 2. The van der Waals surface area contributed by atoms with E-state index in [1.807, 2.05) is 11.9 Å². The molecule has 0 aliphatic carbocycles. The first-order valence-corrected chi connectivity index (χ1v) is 5.42. The molecule has 0 bridgehead atoms. The van der Waals surface area contributed by atoms with Crippen LogP contribution in [-0.4, -0.2) is 22.7 Å². The molecule has 96 valence electrons. The minimum Gasteiger partial charge on any atom is -0.357 e. The van der Waals surface area contributed by atoms with Gasteiger partial charge in [-0.2, -0.15) is 4.39 Å². The Hall–Kier alpha value is -1.47. The zero-order chi connectivity index (χ0) is 12.8. The van der Waals surface area contributed by atoms with Crippen LogP contribution in [-0.2, 0) is 4.74 Å². The third-order valence-electron chi connectivity index (χ3n) is 2.20. The quantitative estimate of drug-likeness (QED) is 0.735. The summed E-state index contributed by atoms with van der Waals surface area (Å²) in [6.07, 6.45) is 1.54. The topological polar surface area (TPSA) is 90.1 Å². The molecule has 3 N–H and O–H groups in total. The van der Waals surface area contributed by atoms with E-state index in [4.69, 9.17) is 10.5 Å². The highest BCUT2D eigenvalue weighted by molar-refractivity contribution is 4.88. The number of nitrogens with two attached hydrogens (primary N) is 1. The van der Waals surface area contributed by atoms with E-state index in [1.165, 1.54) is 0 Å². The van der Waals surface area contributed by atoms with Crippen LogP contribution < -0.4 is 17.0 Å². The maximum atomic E-state index is 13.1. The van der Waals surface area contributed by atoms with Crippen molar-refractivity contribution in [3.05, 3.63) is 32.9 Å². The zero-order valence-electron chi connectivity index (χ0n) is 9.61. The van der Waals surface area contributed by atoms with Gasteiger partial charge in [0.25, 0.3) is 5.56 Å². The van der Waals surface area contributed by atoms with Crippen molar-refractivity contribution in [2.75, 3.05) is 13.2 Å². The summed E-state index contributed by atoms with van der Waals surface area (Å²) in [6.45, 7) is 2.48. The summed E-state index contributed by atoms with van der Waals surface area (Å²) in [5.74, 6) is -1.01. The molecule has 1 heterocycles. The van der Waals surface area contributed by atoms with Crippen LogP contribution in [0.25, 0.3) is 0 Å². The highest BCUT2D eigenvalue weighted by atomic mass is 19.1. The van der Waals surface area contributed by atoms with Gasteiger partial charge in [0.1, 0.15) is 6.23 Å². The second-order valence-electron chi connectivity index (χ2n) is 3.55. The number of aromatic nitrogens is 2. The van der Waals surface area contributed by atoms with Crippen LogP contribution in [0.15, 0.2) is 15.8 Å². The highest BCUT2D eigenvalue weighted by Crippen LogP contribution is 2.12. The fourth-order valence-electron chi connectivity index (χ4n) is 1.43. The summed E-state index contributed by atoms with van der Waals surface area (Å²) in [6, 6.07) is 0. The molecular weight excluding hydrogens is 229 g/mol. The summed E-state index contributed by atoms with van der Waals surface area (Å²) in [5, 5.41) is 0. The van der Waals surface area contributed by atoms with Gasteiger partial charge in [-0.1, -0.05) is 13.3 Å². The second kappa shape index (κ2) is 6.31. The predicted octanol–water partition coefficient (Wildman–Crippen LogP) is -0.0503. The lowest BCUT2D eigenvalue weighted by Crippen LogP contribution is -2.35. The Kier molecular flexibility index (Phi) is 5.05. The average Bonchev–Trinajstić information content (AvgIpc) is 2.29. The van der Waals surface area contributed by atoms with Crippen LogP contribution in [0.4, 0.5) is 4.39 Å². The molecule has 1 atom stereocenters. The van der Waals surface area contributed by atoms with E-state index in [-0.39, 0.29) is 6.61 Å². The Morgan fingerprint density at radius 3 is 2.88 bits per heavy atom. The first kappa shape index (κ1) is 13.6. The molecule has 1 aromatic rings. The summed E-state index contributed by atoms with van der Waals surface area (Å²) in [7, 11) is 0. The van der Waals surface area contributed by atoms with E-state index in [2.05, 4.69) is 0 Å². The van der Waals surface area contributed by atoms with Crippen LogP contribution in [0.2, 0.25) is 0 Å². The molecule has 0 saturated heterocycles. The van der Waals surface area contributed by atoms with Crippen molar-refractivity contribution < 1.29 is 9.13 Å². The van der Waals surface area contributed by atoms with Gasteiger partial charge in [0, 0.05) is 6.54 Å². The number of nitrogens with zero attached hydrogens (tertiary/aromatic N) is 1.